The molecule has 9 heteroatoms. The molecule has 1 heterocycles. The van der Waals surface area contributed by atoms with Crippen LogP contribution in [0.2, 0.25) is 0 Å². The first-order valence-corrected chi connectivity index (χ1v) is 10.6. The second-order valence-corrected chi connectivity index (χ2v) is 7.41. The molecule has 9 nitrogen and oxygen atoms in total. The first-order chi connectivity index (χ1) is 15.9. The van der Waals surface area contributed by atoms with Gasteiger partial charge in [0, 0.05) is 6.07 Å². The van der Waals surface area contributed by atoms with Crippen molar-refractivity contribution in [2.75, 3.05) is 26.1 Å². The lowest BCUT2D eigenvalue weighted by Gasteiger charge is -2.24. The summed E-state index contributed by atoms with van der Waals surface area (Å²) < 4.78 is 15.6. The number of unbranched alkanes of at least 4 members (excludes halogenated alkanes) is 1. The van der Waals surface area contributed by atoms with E-state index in [1.165, 1.54) is 14.2 Å². The summed E-state index contributed by atoms with van der Waals surface area (Å²) in [4.78, 5) is 51.9. The van der Waals surface area contributed by atoms with Crippen molar-refractivity contribution in [2.45, 2.75) is 32.2 Å². The topological polar surface area (TPSA) is 111 Å². The van der Waals surface area contributed by atoms with Crippen LogP contribution in [0.3, 0.4) is 0 Å². The third-order valence-electron chi connectivity index (χ3n) is 5.27. The monoisotopic (exact) mass is 454 g/mol. The molecule has 2 aromatic rings. The second-order valence-electron chi connectivity index (χ2n) is 7.41. The summed E-state index contributed by atoms with van der Waals surface area (Å²) in [5.74, 6) is -1.59. The van der Waals surface area contributed by atoms with Crippen LogP contribution in [0, 0.1) is 0 Å². The van der Waals surface area contributed by atoms with E-state index in [1.54, 1.807) is 42.5 Å². The van der Waals surface area contributed by atoms with E-state index in [0.717, 1.165) is 11.3 Å². The molecule has 0 spiro atoms. The SMILES string of the molecule is CCCC[C@@H](C(=O)OCC(=O)Nc1cc(OC)ccc1OC)N1C(=O)c2ccccc2C1=O. The molecule has 1 aliphatic rings. The van der Waals surface area contributed by atoms with E-state index >= 15 is 0 Å². The van der Waals surface area contributed by atoms with Crippen molar-refractivity contribution in [3.05, 3.63) is 53.6 Å². The van der Waals surface area contributed by atoms with Gasteiger partial charge in [0.15, 0.2) is 6.61 Å². The van der Waals surface area contributed by atoms with Crippen molar-refractivity contribution in [2.24, 2.45) is 0 Å². The van der Waals surface area contributed by atoms with E-state index in [9.17, 15) is 19.2 Å². The number of methoxy groups -OCH3 is 2. The normalized spacial score (nSPS) is 13.4. The average Bonchev–Trinajstić information content (AvgIpc) is 3.08. The van der Waals surface area contributed by atoms with E-state index in [-0.39, 0.29) is 17.5 Å². The number of amides is 3. The number of carbonyl (C=O) groups is 4. The summed E-state index contributed by atoms with van der Waals surface area (Å²) in [7, 11) is 2.95. The highest BCUT2D eigenvalue weighted by molar-refractivity contribution is 6.22. The molecule has 0 aliphatic carbocycles. The molecule has 0 bridgehead atoms. The van der Waals surface area contributed by atoms with Crippen LogP contribution in [0.25, 0.3) is 0 Å². The van der Waals surface area contributed by atoms with Crippen LogP contribution < -0.4 is 14.8 Å². The van der Waals surface area contributed by atoms with E-state index in [4.69, 9.17) is 14.2 Å². The summed E-state index contributed by atoms with van der Waals surface area (Å²) in [6.45, 7) is 1.34. The minimum absolute atomic E-state index is 0.242. The Morgan fingerprint density at radius 1 is 1.00 bits per heavy atom. The first-order valence-electron chi connectivity index (χ1n) is 10.6. The van der Waals surface area contributed by atoms with Crippen LogP contribution >= 0.6 is 0 Å². The molecule has 0 radical (unpaired) electrons. The standard InChI is InChI=1S/C24H26N2O7/c1-4-5-10-19(26-22(28)16-8-6-7-9-17(16)23(26)29)24(30)33-14-21(27)25-18-13-15(31-2)11-12-20(18)32-3/h6-9,11-13,19H,4-5,10,14H2,1-3H3,(H,25,27)/t19-/m0/s1. The maximum absolute atomic E-state index is 12.9. The average molecular weight is 454 g/mol. The fourth-order valence-corrected chi connectivity index (χ4v) is 3.57. The van der Waals surface area contributed by atoms with Gasteiger partial charge in [0.2, 0.25) is 0 Å². The number of hydrogen-bond donors (Lipinski definition) is 1. The van der Waals surface area contributed by atoms with Gasteiger partial charge >= 0.3 is 5.97 Å². The lowest BCUT2D eigenvalue weighted by atomic mass is 10.1. The van der Waals surface area contributed by atoms with Gasteiger partial charge in [-0.3, -0.25) is 19.3 Å². The lowest BCUT2D eigenvalue weighted by Crippen LogP contribution is -2.46. The van der Waals surface area contributed by atoms with Gasteiger partial charge < -0.3 is 19.5 Å². The minimum atomic E-state index is -1.11. The van der Waals surface area contributed by atoms with Gasteiger partial charge in [-0.25, -0.2) is 4.79 Å². The number of rotatable bonds is 10. The van der Waals surface area contributed by atoms with Gasteiger partial charge in [-0.1, -0.05) is 31.9 Å². The molecule has 1 atom stereocenters. The number of fused-ring (bicyclic) bond motifs is 1. The third kappa shape index (κ3) is 5.14. The number of benzene rings is 2. The van der Waals surface area contributed by atoms with Crippen LogP contribution in [0.4, 0.5) is 5.69 Å². The van der Waals surface area contributed by atoms with Crippen molar-refractivity contribution < 1.29 is 33.4 Å². The maximum atomic E-state index is 12.9. The Morgan fingerprint density at radius 3 is 2.24 bits per heavy atom. The number of carbonyl (C=O) groups excluding carboxylic acids is 4. The van der Waals surface area contributed by atoms with Gasteiger partial charge in [-0.05, 0) is 30.7 Å². The summed E-state index contributed by atoms with van der Waals surface area (Å²) >= 11 is 0. The maximum Gasteiger partial charge on any atom is 0.329 e. The third-order valence-corrected chi connectivity index (χ3v) is 5.27. The Balaban J connectivity index is 1.70. The van der Waals surface area contributed by atoms with Gasteiger partial charge in [0.1, 0.15) is 17.5 Å². The molecule has 2 aromatic carbocycles. The Hall–Kier alpha value is -3.88. The molecule has 0 fully saturated rings. The smallest absolute Gasteiger partial charge is 0.329 e. The van der Waals surface area contributed by atoms with Crippen molar-refractivity contribution >= 4 is 29.4 Å². The zero-order chi connectivity index (χ0) is 24.0. The second kappa shape index (κ2) is 10.6. The molecule has 1 N–H and O–H groups in total. The summed E-state index contributed by atoms with van der Waals surface area (Å²) in [6, 6.07) is 10.2. The zero-order valence-corrected chi connectivity index (χ0v) is 18.8. The van der Waals surface area contributed by atoms with E-state index < -0.39 is 36.3 Å². The number of nitrogens with one attached hydrogen (secondary N) is 1. The lowest BCUT2D eigenvalue weighted by molar-refractivity contribution is -0.151. The summed E-state index contributed by atoms with van der Waals surface area (Å²) in [6.07, 6.45) is 1.59. The Morgan fingerprint density at radius 2 is 1.67 bits per heavy atom. The van der Waals surface area contributed by atoms with Crippen molar-refractivity contribution in [1.82, 2.24) is 4.90 Å². The molecule has 33 heavy (non-hydrogen) atoms. The number of ether oxygens (including phenoxy) is 3. The molecular formula is C24H26N2O7. The molecule has 0 unspecified atom stereocenters. The first kappa shape index (κ1) is 23.8. The fraction of sp³-hybridized carbons (Fsp3) is 0.333. The van der Waals surface area contributed by atoms with Crippen LogP contribution in [0.5, 0.6) is 11.5 Å². The minimum Gasteiger partial charge on any atom is -0.497 e. The fourth-order valence-electron chi connectivity index (χ4n) is 3.57. The van der Waals surface area contributed by atoms with Gasteiger partial charge in [0.05, 0.1) is 31.0 Å². The molecule has 3 rings (SSSR count). The molecule has 174 valence electrons. The summed E-state index contributed by atoms with van der Waals surface area (Å²) in [5.41, 5.74) is 0.847. The van der Waals surface area contributed by atoms with Crippen LogP contribution in [-0.4, -0.2) is 55.5 Å². The predicted molar refractivity (Wildman–Crippen MR) is 119 cm³/mol. The summed E-state index contributed by atoms with van der Waals surface area (Å²) in [5, 5.41) is 2.61. The quantitative estimate of drug-likeness (QED) is 0.434. The van der Waals surface area contributed by atoms with E-state index in [0.29, 0.717) is 23.6 Å². The molecule has 0 saturated heterocycles. The van der Waals surface area contributed by atoms with Crippen molar-refractivity contribution in [1.29, 1.82) is 0 Å². The zero-order valence-electron chi connectivity index (χ0n) is 18.8. The predicted octanol–water partition coefficient (Wildman–Crippen LogP) is 3.04. The van der Waals surface area contributed by atoms with E-state index in [2.05, 4.69) is 5.32 Å². The van der Waals surface area contributed by atoms with Crippen LogP contribution in [0.15, 0.2) is 42.5 Å². The highest BCUT2D eigenvalue weighted by Crippen LogP contribution is 2.29. The highest BCUT2D eigenvalue weighted by Gasteiger charge is 2.43. The number of anilines is 1. The molecular weight excluding hydrogens is 428 g/mol. The largest absolute Gasteiger partial charge is 0.497 e. The highest BCUT2D eigenvalue weighted by atomic mass is 16.5. The molecule has 1 aliphatic heterocycles. The number of hydrogen-bond acceptors (Lipinski definition) is 7. The van der Waals surface area contributed by atoms with Crippen LogP contribution in [-0.2, 0) is 14.3 Å². The van der Waals surface area contributed by atoms with E-state index in [1.807, 2.05) is 6.92 Å². The number of esters is 1. The molecule has 0 saturated carbocycles. The number of nitrogens with zero attached hydrogens (tertiary/aromatic N) is 1. The Kier molecular flexibility index (Phi) is 7.66. The Labute approximate surface area is 191 Å². The van der Waals surface area contributed by atoms with Crippen LogP contribution in [0.1, 0.15) is 46.9 Å². The molecule has 0 aromatic heterocycles. The number of imide groups is 1. The molecule has 3 amide bonds. The van der Waals surface area contributed by atoms with Crippen molar-refractivity contribution in [3.63, 3.8) is 0 Å². The van der Waals surface area contributed by atoms with Crippen molar-refractivity contribution in [3.8, 4) is 11.5 Å². The Bertz CT molecular complexity index is 1030. The van der Waals surface area contributed by atoms with Gasteiger partial charge in [0.25, 0.3) is 17.7 Å². The van der Waals surface area contributed by atoms with Gasteiger partial charge in [-0.15, -0.1) is 0 Å². The van der Waals surface area contributed by atoms with Gasteiger partial charge in [-0.2, -0.15) is 0 Å².